The summed E-state index contributed by atoms with van der Waals surface area (Å²) in [5, 5.41) is 5.30. The molecule has 1 aromatic heterocycles. The lowest BCUT2D eigenvalue weighted by Gasteiger charge is -2.23. The predicted molar refractivity (Wildman–Crippen MR) is 97.3 cm³/mol. The summed E-state index contributed by atoms with van der Waals surface area (Å²) in [4.78, 5) is 43.8. The van der Waals surface area contributed by atoms with E-state index in [0.29, 0.717) is 10.9 Å². The van der Waals surface area contributed by atoms with Crippen LogP contribution in [0.5, 0.6) is 0 Å². The number of halogens is 2. The van der Waals surface area contributed by atoms with Gasteiger partial charge in [0.25, 0.3) is 5.56 Å². The number of carbonyl (C=O) groups is 2. The minimum absolute atomic E-state index is 0.0817. The number of hydrogen-bond donors (Lipinski definition) is 3. The Hall–Kier alpha value is -2.39. The van der Waals surface area contributed by atoms with Crippen molar-refractivity contribution in [1.82, 2.24) is 9.97 Å². The van der Waals surface area contributed by atoms with Gasteiger partial charge >= 0.3 is 0 Å². The second-order valence-corrected chi connectivity index (χ2v) is 7.15. The second kappa shape index (κ2) is 7.46. The van der Waals surface area contributed by atoms with Gasteiger partial charge in [-0.3, -0.25) is 14.4 Å². The van der Waals surface area contributed by atoms with Crippen LogP contribution >= 0.6 is 23.4 Å². The van der Waals surface area contributed by atoms with Crippen LogP contribution in [0.4, 0.5) is 15.9 Å². The normalized spacial score (nSPS) is 16.0. The number of anilines is 2. The van der Waals surface area contributed by atoms with Crippen molar-refractivity contribution in [3.63, 3.8) is 0 Å². The highest BCUT2D eigenvalue weighted by Gasteiger charge is 2.34. The number of fused-ring (bicyclic) bond motifs is 1. The van der Waals surface area contributed by atoms with Crippen molar-refractivity contribution in [3.05, 3.63) is 45.0 Å². The van der Waals surface area contributed by atoms with Gasteiger partial charge in [0, 0.05) is 12.1 Å². The lowest BCUT2D eigenvalue weighted by Crippen LogP contribution is -2.36. The second-order valence-electron chi connectivity index (χ2n) is 5.49. The first-order chi connectivity index (χ1) is 12.4. The molecule has 2 heterocycles. The molecule has 2 amide bonds. The van der Waals surface area contributed by atoms with Gasteiger partial charge in [-0.25, -0.2) is 9.37 Å². The number of H-pyrrole nitrogens is 1. The zero-order valence-electron chi connectivity index (χ0n) is 13.6. The largest absolute Gasteiger partial charge is 0.325 e. The average Bonchev–Trinajstić information content (AvgIpc) is 2.57. The topological polar surface area (TPSA) is 104 Å². The highest BCUT2D eigenvalue weighted by atomic mass is 35.5. The van der Waals surface area contributed by atoms with E-state index in [-0.39, 0.29) is 28.5 Å². The molecule has 10 heteroatoms. The van der Waals surface area contributed by atoms with Crippen molar-refractivity contribution in [1.29, 1.82) is 0 Å². The highest BCUT2D eigenvalue weighted by Crippen LogP contribution is 2.30. The van der Waals surface area contributed by atoms with Gasteiger partial charge in [-0.05, 0) is 24.0 Å². The van der Waals surface area contributed by atoms with Gasteiger partial charge in [0.2, 0.25) is 11.8 Å². The van der Waals surface area contributed by atoms with E-state index in [2.05, 4.69) is 20.6 Å². The van der Waals surface area contributed by atoms with Gasteiger partial charge < -0.3 is 15.6 Å². The Bertz CT molecular complexity index is 950. The molecule has 0 saturated carbocycles. The molecule has 1 unspecified atom stereocenters. The molecule has 0 radical (unpaired) electrons. The van der Waals surface area contributed by atoms with Crippen molar-refractivity contribution in [2.45, 2.75) is 24.4 Å². The first-order valence-electron chi connectivity index (χ1n) is 7.71. The van der Waals surface area contributed by atoms with E-state index in [0.717, 1.165) is 6.07 Å². The summed E-state index contributed by atoms with van der Waals surface area (Å²) in [7, 11) is 0. The smallest absolute Gasteiger partial charge is 0.257 e. The summed E-state index contributed by atoms with van der Waals surface area (Å²) in [6, 6.07) is 3.70. The first kappa shape index (κ1) is 18.4. The molecule has 3 rings (SSSR count). The Morgan fingerprint density at radius 1 is 1.46 bits per heavy atom. The fourth-order valence-corrected chi connectivity index (χ4v) is 3.36. The molecule has 136 valence electrons. The Kier molecular flexibility index (Phi) is 5.28. The van der Waals surface area contributed by atoms with Crippen molar-refractivity contribution in [3.8, 4) is 0 Å². The van der Waals surface area contributed by atoms with Gasteiger partial charge in [0.1, 0.15) is 11.6 Å². The molecule has 0 aliphatic carbocycles. The van der Waals surface area contributed by atoms with Crippen LogP contribution in [-0.2, 0) is 9.59 Å². The SMILES string of the molecule is CCSc1nc2c(c(=O)[nH]1)C(C(=O)Nc1ccc(F)c(Cl)c1)CC(=O)N2. The van der Waals surface area contributed by atoms with Crippen molar-refractivity contribution >= 4 is 46.7 Å². The van der Waals surface area contributed by atoms with E-state index in [1.54, 1.807) is 0 Å². The van der Waals surface area contributed by atoms with E-state index < -0.39 is 29.1 Å². The standard InChI is InChI=1S/C16H14ClFN4O3S/c1-2-26-16-21-13-12(15(25)22-16)8(6-11(23)20-13)14(24)19-7-3-4-10(18)9(17)5-7/h3-5,8H,2,6H2,1H3,(H,19,24)(H2,20,21,22,23,25). The number of rotatable bonds is 4. The van der Waals surface area contributed by atoms with Crippen molar-refractivity contribution in [2.75, 3.05) is 16.4 Å². The Morgan fingerprint density at radius 3 is 2.92 bits per heavy atom. The van der Waals surface area contributed by atoms with Crippen LogP contribution in [0.3, 0.4) is 0 Å². The minimum atomic E-state index is -1.01. The molecule has 0 saturated heterocycles. The number of nitrogens with one attached hydrogen (secondary N) is 3. The third kappa shape index (κ3) is 3.73. The number of amides is 2. The number of aromatic nitrogens is 2. The lowest BCUT2D eigenvalue weighted by atomic mass is 9.92. The minimum Gasteiger partial charge on any atom is -0.325 e. The van der Waals surface area contributed by atoms with Crippen LogP contribution in [0.1, 0.15) is 24.8 Å². The number of benzene rings is 1. The molecule has 0 fully saturated rings. The molecule has 7 nitrogen and oxygen atoms in total. The molecule has 0 spiro atoms. The van der Waals surface area contributed by atoms with Crippen LogP contribution in [0, 0.1) is 5.82 Å². The third-order valence-corrected chi connectivity index (χ3v) is 4.76. The van der Waals surface area contributed by atoms with Crippen LogP contribution in [-0.4, -0.2) is 27.5 Å². The fourth-order valence-electron chi connectivity index (χ4n) is 2.58. The maximum Gasteiger partial charge on any atom is 0.257 e. The molecule has 1 aliphatic heterocycles. The molecule has 1 atom stereocenters. The molecular formula is C16H14ClFN4O3S. The Morgan fingerprint density at radius 2 is 2.23 bits per heavy atom. The predicted octanol–water partition coefficient (Wildman–Crippen LogP) is 2.74. The van der Waals surface area contributed by atoms with Crippen LogP contribution in [0.2, 0.25) is 5.02 Å². The summed E-state index contributed by atoms with van der Waals surface area (Å²) < 4.78 is 13.2. The molecule has 1 aromatic carbocycles. The van der Waals surface area contributed by atoms with Gasteiger partial charge in [-0.1, -0.05) is 30.3 Å². The van der Waals surface area contributed by atoms with Crippen molar-refractivity contribution < 1.29 is 14.0 Å². The molecule has 2 aromatic rings. The summed E-state index contributed by atoms with van der Waals surface area (Å²) in [5.41, 5.74) is -0.129. The number of nitrogens with zero attached hydrogens (tertiary/aromatic N) is 1. The maximum absolute atomic E-state index is 13.2. The van der Waals surface area contributed by atoms with Crippen molar-refractivity contribution in [2.24, 2.45) is 0 Å². The van der Waals surface area contributed by atoms with Gasteiger partial charge in [-0.2, -0.15) is 0 Å². The average molecular weight is 397 g/mol. The number of hydrogen-bond acceptors (Lipinski definition) is 5. The number of carbonyl (C=O) groups excluding carboxylic acids is 2. The molecule has 26 heavy (non-hydrogen) atoms. The fraction of sp³-hybridized carbons (Fsp3) is 0.250. The highest BCUT2D eigenvalue weighted by molar-refractivity contribution is 7.99. The molecule has 0 bridgehead atoms. The summed E-state index contributed by atoms with van der Waals surface area (Å²) in [6.45, 7) is 1.90. The quantitative estimate of drug-likeness (QED) is 0.544. The lowest BCUT2D eigenvalue weighted by molar-refractivity contribution is -0.123. The Balaban J connectivity index is 1.93. The van der Waals surface area contributed by atoms with Gasteiger partial charge in [0.05, 0.1) is 16.5 Å². The molecular weight excluding hydrogens is 383 g/mol. The van der Waals surface area contributed by atoms with E-state index in [9.17, 15) is 18.8 Å². The molecule has 1 aliphatic rings. The van der Waals surface area contributed by atoms with Crippen LogP contribution in [0.15, 0.2) is 28.2 Å². The van der Waals surface area contributed by atoms with Crippen LogP contribution in [0.25, 0.3) is 0 Å². The summed E-state index contributed by atoms with van der Waals surface area (Å²) in [6.07, 6.45) is -0.196. The maximum atomic E-state index is 13.2. The molecule has 3 N–H and O–H groups in total. The monoisotopic (exact) mass is 396 g/mol. The summed E-state index contributed by atoms with van der Waals surface area (Å²) in [5.74, 6) is -1.86. The van der Waals surface area contributed by atoms with Gasteiger partial charge in [-0.15, -0.1) is 0 Å². The van der Waals surface area contributed by atoms with E-state index >= 15 is 0 Å². The van der Waals surface area contributed by atoms with E-state index in [1.165, 1.54) is 23.9 Å². The third-order valence-electron chi connectivity index (χ3n) is 3.71. The number of thioether (sulfide) groups is 1. The van der Waals surface area contributed by atoms with Crippen LogP contribution < -0.4 is 16.2 Å². The van der Waals surface area contributed by atoms with Gasteiger partial charge in [0.15, 0.2) is 5.16 Å². The van der Waals surface area contributed by atoms with E-state index in [4.69, 9.17) is 11.6 Å². The zero-order valence-corrected chi connectivity index (χ0v) is 15.1. The Labute approximate surface area is 156 Å². The summed E-state index contributed by atoms with van der Waals surface area (Å²) >= 11 is 7.01. The van der Waals surface area contributed by atoms with E-state index in [1.807, 2.05) is 6.92 Å². The first-order valence-corrected chi connectivity index (χ1v) is 9.08. The zero-order chi connectivity index (χ0) is 18.8. The number of aromatic amines is 1.